The maximum absolute atomic E-state index is 11.5. The Kier molecular flexibility index (Phi) is 4.73. The summed E-state index contributed by atoms with van der Waals surface area (Å²) >= 11 is 0. The Hall–Kier alpha value is -2.20. The van der Waals surface area contributed by atoms with Gasteiger partial charge in [0, 0.05) is 7.05 Å². The summed E-state index contributed by atoms with van der Waals surface area (Å²) in [4.78, 5) is 2.11. The van der Waals surface area contributed by atoms with E-state index in [9.17, 15) is 10.2 Å². The van der Waals surface area contributed by atoms with E-state index in [1.54, 1.807) is 13.2 Å². The first-order valence-electron chi connectivity index (χ1n) is 11.3. The van der Waals surface area contributed by atoms with Gasteiger partial charge in [-0.15, -0.1) is 0 Å². The Morgan fingerprint density at radius 1 is 1.13 bits per heavy atom. The minimum absolute atomic E-state index is 0.0318. The van der Waals surface area contributed by atoms with E-state index >= 15 is 0 Å². The predicted molar refractivity (Wildman–Crippen MR) is 119 cm³/mol. The number of likely N-dealkylation sites (N-methyl/N-ethyl adjacent to an activating group) is 1. The molecule has 0 amide bonds. The molecule has 0 bridgehead atoms. The van der Waals surface area contributed by atoms with Crippen molar-refractivity contribution < 1.29 is 14.9 Å². The molecule has 0 radical (unpaired) electrons. The van der Waals surface area contributed by atoms with Crippen molar-refractivity contribution in [3.63, 3.8) is 0 Å². The number of methoxy groups -OCH3 is 1. The van der Waals surface area contributed by atoms with Gasteiger partial charge in [-0.05, 0) is 90.7 Å². The van der Waals surface area contributed by atoms with E-state index in [1.807, 2.05) is 25.2 Å². The van der Waals surface area contributed by atoms with Gasteiger partial charge in [-0.25, -0.2) is 0 Å². The molecule has 160 valence electrons. The third kappa shape index (κ3) is 2.84. The Balaban J connectivity index is 1.45. The fourth-order valence-corrected chi connectivity index (χ4v) is 6.98. The fraction of sp³-hybridized carbons (Fsp3) is 0.538. The average Bonchev–Trinajstić information content (AvgIpc) is 3.04. The standard InChI is InChI=1S/C26H33NO3/c1-26-13-12-19-18-11-9-17(30-3)14-16(18)8-10-20(19)21(26)15-23(25(26)29)27(2)22-6-4-5-7-24(22)28/h4-7,9,11,14,19-21,23,25,28-29H,8,10,12-13,15H2,1-3H3/t19-,20-,21+,23+,25+,26+/m1/s1. The number of hydrogen-bond donors (Lipinski definition) is 2. The molecule has 3 aliphatic rings. The number of hydrogen-bond acceptors (Lipinski definition) is 4. The topological polar surface area (TPSA) is 52.9 Å². The molecule has 2 N–H and O–H groups in total. The number of fused-ring (bicyclic) bond motifs is 5. The van der Waals surface area contributed by atoms with Crippen LogP contribution in [0.15, 0.2) is 42.5 Å². The zero-order chi connectivity index (χ0) is 21.0. The lowest BCUT2D eigenvalue weighted by atomic mass is 9.55. The number of aliphatic hydroxyl groups is 1. The maximum Gasteiger partial charge on any atom is 0.138 e. The van der Waals surface area contributed by atoms with Crippen LogP contribution in [-0.4, -0.2) is 36.5 Å². The second-order valence-corrected chi connectivity index (χ2v) is 9.87. The molecule has 30 heavy (non-hydrogen) atoms. The largest absolute Gasteiger partial charge is 0.506 e. The maximum atomic E-state index is 11.5. The van der Waals surface area contributed by atoms with Gasteiger partial charge in [0.15, 0.2) is 0 Å². The lowest BCUT2D eigenvalue weighted by molar-refractivity contribution is -0.0258. The summed E-state index contributed by atoms with van der Waals surface area (Å²) in [5, 5.41) is 21.8. The van der Waals surface area contributed by atoms with Gasteiger partial charge in [0.05, 0.1) is 24.9 Å². The summed E-state index contributed by atoms with van der Waals surface area (Å²) < 4.78 is 5.45. The van der Waals surface area contributed by atoms with Crippen molar-refractivity contribution in [3.05, 3.63) is 53.6 Å². The molecule has 0 saturated heterocycles. The number of phenols is 1. The number of para-hydroxylation sites is 2. The van der Waals surface area contributed by atoms with Crippen LogP contribution in [0.4, 0.5) is 5.69 Å². The highest BCUT2D eigenvalue weighted by molar-refractivity contribution is 5.58. The van der Waals surface area contributed by atoms with Crippen LogP contribution in [0, 0.1) is 17.3 Å². The number of aryl methyl sites for hydroxylation is 1. The minimum atomic E-state index is -0.384. The van der Waals surface area contributed by atoms with Crippen LogP contribution in [0.1, 0.15) is 49.7 Å². The van der Waals surface area contributed by atoms with Gasteiger partial charge >= 0.3 is 0 Å². The van der Waals surface area contributed by atoms with Gasteiger partial charge in [0.25, 0.3) is 0 Å². The summed E-state index contributed by atoms with van der Waals surface area (Å²) in [7, 11) is 3.75. The molecule has 5 rings (SSSR count). The van der Waals surface area contributed by atoms with E-state index in [0.29, 0.717) is 17.8 Å². The average molecular weight is 408 g/mol. The molecule has 0 unspecified atom stereocenters. The molecule has 2 aromatic carbocycles. The van der Waals surface area contributed by atoms with Crippen LogP contribution < -0.4 is 9.64 Å². The summed E-state index contributed by atoms with van der Waals surface area (Å²) in [5.41, 5.74) is 3.69. The third-order valence-electron chi connectivity index (χ3n) is 8.67. The molecule has 2 fully saturated rings. The molecule has 0 heterocycles. The number of nitrogens with zero attached hydrogens (tertiary/aromatic N) is 1. The lowest BCUT2D eigenvalue weighted by Crippen LogP contribution is -2.47. The van der Waals surface area contributed by atoms with Gasteiger partial charge < -0.3 is 19.8 Å². The molecular weight excluding hydrogens is 374 g/mol. The van der Waals surface area contributed by atoms with Crippen molar-refractivity contribution >= 4 is 5.69 Å². The van der Waals surface area contributed by atoms with E-state index in [0.717, 1.165) is 37.1 Å². The number of benzene rings is 2. The SMILES string of the molecule is COc1ccc2c(c1)CC[C@@H]1[C@@H]2CC[C@]2(C)[C@@H](O)[C@@H](N(C)c3ccccc3O)C[C@@H]12. The van der Waals surface area contributed by atoms with Crippen molar-refractivity contribution in [2.75, 3.05) is 19.1 Å². The molecule has 4 nitrogen and oxygen atoms in total. The Bertz CT molecular complexity index is 944. The smallest absolute Gasteiger partial charge is 0.138 e. The van der Waals surface area contributed by atoms with Gasteiger partial charge in [-0.3, -0.25) is 0 Å². The first kappa shape index (κ1) is 19.7. The third-order valence-corrected chi connectivity index (χ3v) is 8.67. The van der Waals surface area contributed by atoms with E-state index in [1.165, 1.54) is 17.5 Å². The van der Waals surface area contributed by atoms with Crippen LogP contribution in [0.3, 0.4) is 0 Å². The first-order chi connectivity index (χ1) is 14.4. The number of phenolic OH excluding ortho intramolecular Hbond substituents is 1. The van der Waals surface area contributed by atoms with Gasteiger partial charge in [0.1, 0.15) is 11.5 Å². The molecule has 6 atom stereocenters. The van der Waals surface area contributed by atoms with Crippen molar-refractivity contribution in [1.29, 1.82) is 0 Å². The monoisotopic (exact) mass is 407 g/mol. The molecular formula is C26H33NO3. The Morgan fingerprint density at radius 3 is 2.70 bits per heavy atom. The van der Waals surface area contributed by atoms with E-state index < -0.39 is 0 Å². The number of aromatic hydroxyl groups is 1. The van der Waals surface area contributed by atoms with Crippen LogP contribution in [0.5, 0.6) is 11.5 Å². The molecule has 3 aliphatic carbocycles. The molecule has 0 aromatic heterocycles. The zero-order valence-corrected chi connectivity index (χ0v) is 18.2. The molecule has 4 heteroatoms. The Morgan fingerprint density at radius 2 is 1.93 bits per heavy atom. The van der Waals surface area contributed by atoms with Gasteiger partial charge in [-0.1, -0.05) is 25.1 Å². The first-order valence-corrected chi connectivity index (χ1v) is 11.3. The summed E-state index contributed by atoms with van der Waals surface area (Å²) in [6, 6.07) is 14.1. The van der Waals surface area contributed by atoms with Crippen LogP contribution in [0.2, 0.25) is 0 Å². The van der Waals surface area contributed by atoms with Crippen LogP contribution in [-0.2, 0) is 6.42 Å². The van der Waals surface area contributed by atoms with Gasteiger partial charge in [-0.2, -0.15) is 0 Å². The molecule has 2 aromatic rings. The Labute approximate surface area is 179 Å². The van der Waals surface area contributed by atoms with Crippen molar-refractivity contribution in [2.45, 2.75) is 57.1 Å². The quantitative estimate of drug-likeness (QED) is 0.772. The van der Waals surface area contributed by atoms with E-state index in [4.69, 9.17) is 4.74 Å². The van der Waals surface area contributed by atoms with Crippen molar-refractivity contribution in [1.82, 2.24) is 0 Å². The highest BCUT2D eigenvalue weighted by Crippen LogP contribution is 2.61. The van der Waals surface area contributed by atoms with Gasteiger partial charge in [0.2, 0.25) is 0 Å². The van der Waals surface area contributed by atoms with Crippen LogP contribution >= 0.6 is 0 Å². The fourth-order valence-electron chi connectivity index (χ4n) is 6.98. The second kappa shape index (κ2) is 7.19. The number of aliphatic hydroxyl groups excluding tert-OH is 1. The van der Waals surface area contributed by atoms with E-state index in [2.05, 4.69) is 30.0 Å². The van der Waals surface area contributed by atoms with E-state index in [-0.39, 0.29) is 23.3 Å². The molecule has 0 spiro atoms. The van der Waals surface area contributed by atoms with Crippen molar-refractivity contribution in [2.24, 2.45) is 17.3 Å². The van der Waals surface area contributed by atoms with Crippen LogP contribution in [0.25, 0.3) is 0 Å². The minimum Gasteiger partial charge on any atom is -0.506 e. The lowest BCUT2D eigenvalue weighted by Gasteiger charge is -2.50. The molecule has 0 aliphatic heterocycles. The highest BCUT2D eigenvalue weighted by atomic mass is 16.5. The second-order valence-electron chi connectivity index (χ2n) is 9.87. The summed E-state index contributed by atoms with van der Waals surface area (Å²) in [6.07, 6.45) is 5.07. The zero-order valence-electron chi connectivity index (χ0n) is 18.2. The number of anilines is 1. The number of rotatable bonds is 3. The normalized spacial score (nSPS) is 34.6. The molecule has 2 saturated carbocycles. The highest BCUT2D eigenvalue weighted by Gasteiger charge is 2.58. The number of ether oxygens (including phenoxy) is 1. The summed E-state index contributed by atoms with van der Waals surface area (Å²) in [5.74, 6) is 2.93. The summed E-state index contributed by atoms with van der Waals surface area (Å²) in [6.45, 7) is 2.31. The predicted octanol–water partition coefficient (Wildman–Crippen LogP) is 4.73. The van der Waals surface area contributed by atoms with Crippen molar-refractivity contribution in [3.8, 4) is 11.5 Å².